The van der Waals surface area contributed by atoms with Crippen LogP contribution in [0.25, 0.3) is 0 Å². The van der Waals surface area contributed by atoms with Gasteiger partial charge in [0.15, 0.2) is 0 Å². The minimum atomic E-state index is -0.414. The summed E-state index contributed by atoms with van der Waals surface area (Å²) in [6.07, 6.45) is 10.9. The van der Waals surface area contributed by atoms with Gasteiger partial charge in [0, 0.05) is 11.7 Å². The molecule has 6 aliphatic rings. The van der Waals surface area contributed by atoms with E-state index in [1.165, 1.54) is 37.7 Å². The third kappa shape index (κ3) is 4.64. The molecule has 0 aromatic heterocycles. The molecule has 4 aliphatic heterocycles. The van der Waals surface area contributed by atoms with Gasteiger partial charge in [-0.25, -0.2) is 0 Å². The fourth-order valence-corrected chi connectivity index (χ4v) is 8.67. The van der Waals surface area contributed by atoms with Crippen LogP contribution in [0.15, 0.2) is 18.2 Å². The molecular weight excluding hydrogens is 511 g/mol. The predicted molar refractivity (Wildman–Crippen MR) is 164 cm³/mol. The van der Waals surface area contributed by atoms with E-state index in [-0.39, 0.29) is 11.2 Å². The maximum Gasteiger partial charge on any atom is 0.494 e. The second-order valence-electron chi connectivity index (χ2n) is 16.1. The Labute approximate surface area is 248 Å². The van der Waals surface area contributed by atoms with Crippen molar-refractivity contribution in [1.29, 1.82) is 0 Å². The van der Waals surface area contributed by atoms with Crippen LogP contribution in [0.1, 0.15) is 105 Å². The van der Waals surface area contributed by atoms with Gasteiger partial charge >= 0.3 is 7.12 Å². The normalized spacial score (nSPS) is 34.3. The van der Waals surface area contributed by atoms with Gasteiger partial charge in [-0.05, 0) is 120 Å². The summed E-state index contributed by atoms with van der Waals surface area (Å²) >= 11 is 0. The van der Waals surface area contributed by atoms with E-state index in [4.69, 9.17) is 14.0 Å². The van der Waals surface area contributed by atoms with Crippen LogP contribution in [-0.2, 0) is 24.3 Å². The molecule has 5 fully saturated rings. The lowest BCUT2D eigenvalue weighted by atomic mass is 9.68. The van der Waals surface area contributed by atoms with Crippen molar-refractivity contribution in [2.45, 2.75) is 128 Å². The highest BCUT2D eigenvalue weighted by Crippen LogP contribution is 2.53. The van der Waals surface area contributed by atoms with E-state index < -0.39 is 12.5 Å². The Morgan fingerprint density at radius 3 is 2.15 bits per heavy atom. The molecule has 1 amide bonds. The molecule has 1 aromatic carbocycles. The van der Waals surface area contributed by atoms with Crippen LogP contribution in [0.2, 0.25) is 0 Å². The summed E-state index contributed by atoms with van der Waals surface area (Å²) in [7, 11) is -0.414. The first kappa shape index (κ1) is 28.4. The number of rotatable bonds is 4. The number of ether oxygens (including phenoxy) is 1. The van der Waals surface area contributed by atoms with Crippen molar-refractivity contribution in [3.05, 3.63) is 23.8 Å². The van der Waals surface area contributed by atoms with Crippen molar-refractivity contribution >= 4 is 24.2 Å². The second kappa shape index (κ2) is 9.80. The topological polar surface area (TPSA) is 51.2 Å². The Balaban J connectivity index is 1.15. The zero-order chi connectivity index (χ0) is 28.8. The molecule has 3 saturated heterocycles. The fourth-order valence-electron chi connectivity index (χ4n) is 8.67. The van der Waals surface area contributed by atoms with E-state index in [0.717, 1.165) is 75.0 Å². The van der Waals surface area contributed by atoms with Gasteiger partial charge in [-0.3, -0.25) is 9.69 Å². The first-order valence-corrected chi connectivity index (χ1v) is 16.5. The Morgan fingerprint density at radius 2 is 1.51 bits per heavy atom. The summed E-state index contributed by atoms with van der Waals surface area (Å²) in [6.45, 7) is 16.9. The van der Waals surface area contributed by atoms with Crippen molar-refractivity contribution in [3.63, 3.8) is 0 Å². The van der Waals surface area contributed by atoms with Gasteiger partial charge in [0.2, 0.25) is 5.91 Å². The summed E-state index contributed by atoms with van der Waals surface area (Å²) in [5.41, 5.74) is 2.71. The number of carbonyl (C=O) groups excluding carboxylic acids is 1. The van der Waals surface area contributed by atoms with Gasteiger partial charge in [0.25, 0.3) is 0 Å². The molecule has 2 aliphatic carbocycles. The maximum atomic E-state index is 14.6. The molecule has 1 spiro atoms. The quantitative estimate of drug-likeness (QED) is 0.361. The fraction of sp³-hybridized carbons (Fsp3) is 0.794. The van der Waals surface area contributed by atoms with Gasteiger partial charge < -0.3 is 18.9 Å². The Hall–Kier alpha value is -1.41. The highest BCUT2D eigenvalue weighted by atomic mass is 16.7. The Kier molecular flexibility index (Phi) is 6.78. The number of anilines is 1. The van der Waals surface area contributed by atoms with Gasteiger partial charge in [0.05, 0.1) is 35.9 Å². The number of fused-ring (bicyclic) bond motifs is 2. The number of benzene rings is 1. The zero-order valence-electron chi connectivity index (χ0n) is 26.3. The van der Waals surface area contributed by atoms with Crippen LogP contribution in [0.3, 0.4) is 0 Å². The van der Waals surface area contributed by atoms with Gasteiger partial charge in [-0.2, -0.15) is 0 Å². The van der Waals surface area contributed by atoms with Crippen molar-refractivity contribution < 1.29 is 18.8 Å². The Morgan fingerprint density at radius 1 is 0.829 bits per heavy atom. The summed E-state index contributed by atoms with van der Waals surface area (Å²) in [4.78, 5) is 19.4. The van der Waals surface area contributed by atoms with Crippen molar-refractivity contribution in [2.24, 2.45) is 17.3 Å². The standard InChI is InChI=1S/C34H51BN2O4/c1-31(2)12-7-8-23(11-13-31)24-18-26(19-24)37-29-20-25(35-40-32(3,4)33(5,6)41-35)9-10-28(29)34(30(37)38)14-16-36(17-15-34)27-21-39-22-27/h9-10,20,23-24,26-27H,7-8,11-19,21-22H2,1-6H3. The number of nitrogens with zero attached hydrogens (tertiary/aromatic N) is 2. The number of likely N-dealkylation sites (tertiary alicyclic amines) is 1. The molecule has 1 unspecified atom stereocenters. The van der Waals surface area contributed by atoms with E-state index in [1.54, 1.807) is 0 Å². The first-order chi connectivity index (χ1) is 19.4. The summed E-state index contributed by atoms with van der Waals surface area (Å²) < 4.78 is 18.4. The smallest absolute Gasteiger partial charge is 0.399 e. The third-order valence-corrected chi connectivity index (χ3v) is 12.5. The number of hydrogen-bond donors (Lipinski definition) is 0. The van der Waals surface area contributed by atoms with Gasteiger partial charge in [0.1, 0.15) is 0 Å². The Bertz CT molecular complexity index is 1160. The van der Waals surface area contributed by atoms with E-state index >= 15 is 0 Å². The van der Waals surface area contributed by atoms with Gasteiger partial charge in [-0.15, -0.1) is 0 Å². The van der Waals surface area contributed by atoms with E-state index in [0.29, 0.717) is 23.4 Å². The maximum absolute atomic E-state index is 14.6. The van der Waals surface area contributed by atoms with Crippen LogP contribution in [0, 0.1) is 17.3 Å². The second-order valence-corrected chi connectivity index (χ2v) is 16.1. The summed E-state index contributed by atoms with van der Waals surface area (Å²) in [5, 5.41) is 0. The monoisotopic (exact) mass is 562 g/mol. The number of hydrogen-bond acceptors (Lipinski definition) is 5. The van der Waals surface area contributed by atoms with Crippen molar-refractivity contribution in [3.8, 4) is 0 Å². The molecule has 0 N–H and O–H groups in total. The average molecular weight is 563 g/mol. The highest BCUT2D eigenvalue weighted by Gasteiger charge is 2.57. The molecule has 0 bridgehead atoms. The molecule has 2 saturated carbocycles. The van der Waals surface area contributed by atoms with E-state index in [1.807, 2.05) is 0 Å². The molecular formula is C34H51BN2O4. The number of carbonyl (C=O) groups is 1. The molecule has 6 nitrogen and oxygen atoms in total. The van der Waals surface area contributed by atoms with E-state index in [9.17, 15) is 4.79 Å². The van der Waals surface area contributed by atoms with Crippen LogP contribution >= 0.6 is 0 Å². The minimum absolute atomic E-state index is 0.313. The van der Waals surface area contributed by atoms with Crippen LogP contribution in [-0.4, -0.2) is 67.5 Å². The molecule has 1 aromatic rings. The average Bonchev–Trinajstić information content (AvgIpc) is 3.11. The van der Waals surface area contributed by atoms with Crippen LogP contribution in [0.4, 0.5) is 5.69 Å². The highest BCUT2D eigenvalue weighted by molar-refractivity contribution is 6.62. The lowest BCUT2D eigenvalue weighted by molar-refractivity contribution is -0.128. The molecule has 7 heteroatoms. The SMILES string of the molecule is CC1(C)CCCC(C2CC(N3C(=O)C4(CCN(C5COC5)CC4)c4ccc(B5OC(C)(C)C(C)(C)O5)cc43)C2)CC1. The first-order valence-electron chi connectivity index (χ1n) is 16.5. The third-order valence-electron chi connectivity index (χ3n) is 12.5. The lowest BCUT2D eigenvalue weighted by Crippen LogP contribution is -2.57. The predicted octanol–water partition coefficient (Wildman–Crippen LogP) is 5.45. The molecule has 7 rings (SSSR count). The molecule has 41 heavy (non-hydrogen) atoms. The van der Waals surface area contributed by atoms with Crippen molar-refractivity contribution in [2.75, 3.05) is 31.2 Å². The molecule has 1 atom stereocenters. The molecule has 224 valence electrons. The lowest BCUT2D eigenvalue weighted by Gasteiger charge is -2.47. The summed E-state index contributed by atoms with van der Waals surface area (Å²) in [5.74, 6) is 1.94. The molecule has 0 radical (unpaired) electrons. The van der Waals surface area contributed by atoms with Crippen LogP contribution in [0.5, 0.6) is 0 Å². The van der Waals surface area contributed by atoms with Crippen molar-refractivity contribution in [1.82, 2.24) is 4.90 Å². The minimum Gasteiger partial charge on any atom is -0.399 e. The van der Waals surface area contributed by atoms with Gasteiger partial charge in [-0.1, -0.05) is 38.8 Å². The van der Waals surface area contributed by atoms with E-state index in [2.05, 4.69) is 69.5 Å². The molecule has 4 heterocycles. The summed E-state index contributed by atoms with van der Waals surface area (Å²) in [6, 6.07) is 7.51. The number of piperidine rings is 1. The number of amides is 1. The van der Waals surface area contributed by atoms with Crippen LogP contribution < -0.4 is 10.4 Å². The zero-order valence-corrected chi connectivity index (χ0v) is 26.3. The largest absolute Gasteiger partial charge is 0.494 e.